The molecule has 1 aromatic rings. The Morgan fingerprint density at radius 2 is 1.63 bits per heavy atom. The van der Waals surface area contributed by atoms with Crippen molar-refractivity contribution in [2.75, 3.05) is 6.61 Å². The van der Waals surface area contributed by atoms with Crippen molar-refractivity contribution in [3.63, 3.8) is 0 Å². The van der Waals surface area contributed by atoms with Crippen LogP contribution in [0.25, 0.3) is 0 Å². The number of ether oxygens (including phenoxy) is 2. The van der Waals surface area contributed by atoms with Crippen LogP contribution in [-0.2, 0) is 25.7 Å². The van der Waals surface area contributed by atoms with E-state index < -0.39 is 0 Å². The highest BCUT2D eigenvalue weighted by atomic mass is 16.5. The van der Waals surface area contributed by atoms with E-state index >= 15 is 0 Å². The Labute approximate surface area is 113 Å². The molecule has 0 saturated carbocycles. The van der Waals surface area contributed by atoms with Gasteiger partial charge in [-0.15, -0.1) is 0 Å². The van der Waals surface area contributed by atoms with Gasteiger partial charge in [-0.25, -0.2) is 0 Å². The van der Waals surface area contributed by atoms with Gasteiger partial charge in [-0.05, 0) is 18.4 Å². The first kappa shape index (κ1) is 15.2. The summed E-state index contributed by atoms with van der Waals surface area (Å²) in [4.78, 5) is 22.6. The number of carbonyl (C=O) groups excluding carboxylic acids is 2. The zero-order chi connectivity index (χ0) is 13.9. The van der Waals surface area contributed by atoms with E-state index in [0.717, 1.165) is 12.0 Å². The molecule has 4 heteroatoms. The van der Waals surface area contributed by atoms with Gasteiger partial charge < -0.3 is 9.47 Å². The van der Waals surface area contributed by atoms with Gasteiger partial charge in [-0.2, -0.15) is 0 Å². The topological polar surface area (TPSA) is 52.6 Å². The predicted octanol–water partition coefficient (Wildman–Crippen LogP) is 2.85. The van der Waals surface area contributed by atoms with E-state index in [1.165, 1.54) is 0 Å². The molecule has 0 amide bonds. The van der Waals surface area contributed by atoms with E-state index in [0.29, 0.717) is 13.0 Å². The second-order valence-corrected chi connectivity index (χ2v) is 4.22. The molecule has 0 unspecified atom stereocenters. The summed E-state index contributed by atoms with van der Waals surface area (Å²) >= 11 is 0. The summed E-state index contributed by atoms with van der Waals surface area (Å²) in [7, 11) is 0. The molecular weight excluding hydrogens is 244 g/mol. The quantitative estimate of drug-likeness (QED) is 0.677. The minimum atomic E-state index is -0.285. The highest BCUT2D eigenvalue weighted by Gasteiger charge is 2.07. The van der Waals surface area contributed by atoms with Gasteiger partial charge in [0, 0.05) is 12.8 Å². The largest absolute Gasteiger partial charge is 0.466 e. The number of hydrogen-bond donors (Lipinski definition) is 0. The molecule has 0 fully saturated rings. The molecule has 0 radical (unpaired) electrons. The van der Waals surface area contributed by atoms with E-state index in [2.05, 4.69) is 0 Å². The zero-order valence-electron chi connectivity index (χ0n) is 11.3. The Morgan fingerprint density at radius 3 is 2.26 bits per heavy atom. The van der Waals surface area contributed by atoms with Crippen LogP contribution in [0.5, 0.6) is 0 Å². The smallest absolute Gasteiger partial charge is 0.306 e. The molecule has 4 nitrogen and oxygen atoms in total. The van der Waals surface area contributed by atoms with Crippen molar-refractivity contribution in [1.82, 2.24) is 0 Å². The molecule has 0 aliphatic carbocycles. The lowest BCUT2D eigenvalue weighted by atomic mass is 10.2. The molecule has 0 aliphatic rings. The van der Waals surface area contributed by atoms with E-state index in [1.54, 1.807) is 0 Å². The lowest BCUT2D eigenvalue weighted by Gasteiger charge is -2.05. The summed E-state index contributed by atoms with van der Waals surface area (Å²) < 4.78 is 10.0. The molecule has 0 spiro atoms. The van der Waals surface area contributed by atoms with E-state index in [-0.39, 0.29) is 31.4 Å². The monoisotopic (exact) mass is 264 g/mol. The van der Waals surface area contributed by atoms with Crippen LogP contribution < -0.4 is 0 Å². The Kier molecular flexibility index (Phi) is 7.32. The summed E-state index contributed by atoms with van der Waals surface area (Å²) in [6.45, 7) is 2.66. The van der Waals surface area contributed by atoms with Crippen LogP contribution >= 0.6 is 0 Å². The van der Waals surface area contributed by atoms with Crippen molar-refractivity contribution in [1.29, 1.82) is 0 Å². The molecule has 0 atom stereocenters. The molecule has 0 aromatic heterocycles. The fourth-order valence-corrected chi connectivity index (χ4v) is 1.48. The van der Waals surface area contributed by atoms with Gasteiger partial charge in [0.05, 0.1) is 6.61 Å². The number of carbonyl (C=O) groups is 2. The maximum absolute atomic E-state index is 11.4. The first-order chi connectivity index (χ1) is 9.22. The first-order valence-electron chi connectivity index (χ1n) is 6.57. The normalized spacial score (nSPS) is 9.95. The van der Waals surface area contributed by atoms with Gasteiger partial charge in [0.25, 0.3) is 0 Å². The van der Waals surface area contributed by atoms with Crippen LogP contribution in [0.3, 0.4) is 0 Å². The van der Waals surface area contributed by atoms with Gasteiger partial charge in [0.1, 0.15) is 6.61 Å². The highest BCUT2D eigenvalue weighted by molar-refractivity contribution is 5.72. The van der Waals surface area contributed by atoms with Gasteiger partial charge >= 0.3 is 11.9 Å². The summed E-state index contributed by atoms with van der Waals surface area (Å²) in [6.07, 6.45) is 1.79. The third-order valence-corrected chi connectivity index (χ3v) is 2.47. The summed E-state index contributed by atoms with van der Waals surface area (Å²) in [5.41, 5.74) is 0.957. The average molecular weight is 264 g/mol. The Hall–Kier alpha value is -1.84. The number of esters is 2. The average Bonchev–Trinajstić information content (AvgIpc) is 2.44. The maximum Gasteiger partial charge on any atom is 0.306 e. The Balaban J connectivity index is 2.10. The molecule has 1 aromatic carbocycles. The molecule has 1 rings (SSSR count). The predicted molar refractivity (Wildman–Crippen MR) is 71.3 cm³/mol. The van der Waals surface area contributed by atoms with Gasteiger partial charge in [0.2, 0.25) is 0 Å². The van der Waals surface area contributed by atoms with Crippen LogP contribution in [0, 0.1) is 0 Å². The number of benzene rings is 1. The maximum atomic E-state index is 11.4. The number of rotatable bonds is 8. The van der Waals surface area contributed by atoms with E-state index in [1.807, 2.05) is 37.3 Å². The molecular formula is C15H20O4. The second-order valence-electron chi connectivity index (χ2n) is 4.22. The zero-order valence-corrected chi connectivity index (χ0v) is 11.3. The molecule has 19 heavy (non-hydrogen) atoms. The van der Waals surface area contributed by atoms with Crippen LogP contribution in [0.1, 0.15) is 38.2 Å². The van der Waals surface area contributed by atoms with Crippen LogP contribution in [0.4, 0.5) is 0 Å². The van der Waals surface area contributed by atoms with Gasteiger partial charge in [-0.3, -0.25) is 9.59 Å². The first-order valence-corrected chi connectivity index (χ1v) is 6.57. The third-order valence-electron chi connectivity index (χ3n) is 2.47. The van der Waals surface area contributed by atoms with Crippen molar-refractivity contribution in [3.05, 3.63) is 35.9 Å². The van der Waals surface area contributed by atoms with Gasteiger partial charge in [0.15, 0.2) is 0 Å². The Morgan fingerprint density at radius 1 is 1.00 bits per heavy atom. The standard InChI is InChI=1S/C15H20O4/c1-2-11-18-14(16)9-6-10-15(17)19-12-13-7-4-3-5-8-13/h3-5,7-8H,2,6,9-12H2,1H3. The van der Waals surface area contributed by atoms with Crippen molar-refractivity contribution < 1.29 is 19.1 Å². The van der Waals surface area contributed by atoms with Crippen molar-refractivity contribution >= 4 is 11.9 Å². The molecule has 0 saturated heterocycles. The lowest BCUT2D eigenvalue weighted by molar-refractivity contribution is -0.146. The van der Waals surface area contributed by atoms with Crippen molar-refractivity contribution in [2.45, 2.75) is 39.2 Å². The molecule has 104 valence electrons. The van der Waals surface area contributed by atoms with E-state index in [9.17, 15) is 9.59 Å². The molecule has 0 aliphatic heterocycles. The van der Waals surface area contributed by atoms with E-state index in [4.69, 9.17) is 9.47 Å². The lowest BCUT2D eigenvalue weighted by Crippen LogP contribution is -2.08. The second kappa shape index (κ2) is 9.14. The minimum Gasteiger partial charge on any atom is -0.466 e. The molecule has 0 bridgehead atoms. The molecule has 0 N–H and O–H groups in total. The fraction of sp³-hybridized carbons (Fsp3) is 0.467. The third kappa shape index (κ3) is 7.24. The van der Waals surface area contributed by atoms with Gasteiger partial charge in [-0.1, -0.05) is 37.3 Å². The van der Waals surface area contributed by atoms with Crippen LogP contribution in [0.2, 0.25) is 0 Å². The SMILES string of the molecule is CCCOC(=O)CCCC(=O)OCc1ccccc1. The van der Waals surface area contributed by atoms with Crippen LogP contribution in [-0.4, -0.2) is 18.5 Å². The minimum absolute atomic E-state index is 0.244. The molecule has 0 heterocycles. The van der Waals surface area contributed by atoms with Crippen LogP contribution in [0.15, 0.2) is 30.3 Å². The summed E-state index contributed by atoms with van der Waals surface area (Å²) in [6, 6.07) is 9.50. The Bertz CT molecular complexity index is 386. The summed E-state index contributed by atoms with van der Waals surface area (Å²) in [5.74, 6) is -0.537. The number of hydrogen-bond acceptors (Lipinski definition) is 4. The highest BCUT2D eigenvalue weighted by Crippen LogP contribution is 2.04. The summed E-state index contributed by atoms with van der Waals surface area (Å²) in [5, 5.41) is 0. The van der Waals surface area contributed by atoms with Crippen molar-refractivity contribution in [2.24, 2.45) is 0 Å². The van der Waals surface area contributed by atoms with Crippen molar-refractivity contribution in [3.8, 4) is 0 Å². The fourth-order valence-electron chi connectivity index (χ4n) is 1.48.